The van der Waals surface area contributed by atoms with Crippen molar-refractivity contribution in [3.8, 4) is 17.2 Å². The zero-order valence-electron chi connectivity index (χ0n) is 11.5. The molecule has 0 amide bonds. The molecule has 1 aromatic heterocycles. The van der Waals surface area contributed by atoms with E-state index in [1.165, 1.54) is 6.26 Å². The molecule has 1 heterocycles. The van der Waals surface area contributed by atoms with Crippen molar-refractivity contribution < 1.29 is 24.1 Å². The Morgan fingerprint density at radius 1 is 1.38 bits per heavy atom. The van der Waals surface area contributed by atoms with Gasteiger partial charge in [-0.3, -0.25) is 0 Å². The molecule has 2 rings (SSSR count). The first-order valence-electron chi connectivity index (χ1n) is 6.49. The Morgan fingerprint density at radius 3 is 2.90 bits per heavy atom. The molecule has 1 aromatic carbocycles. The maximum atomic E-state index is 11.9. The predicted molar refractivity (Wildman–Crippen MR) is 76.8 cm³/mol. The second-order valence-electron chi connectivity index (χ2n) is 4.21. The van der Waals surface area contributed by atoms with E-state index in [4.69, 9.17) is 19.0 Å². The van der Waals surface area contributed by atoms with E-state index >= 15 is 0 Å². The van der Waals surface area contributed by atoms with Crippen LogP contribution in [0.5, 0.6) is 17.2 Å². The molecule has 0 radical (unpaired) electrons. The molecular weight excluding hydrogens is 276 g/mol. The third-order valence-electron chi connectivity index (χ3n) is 2.71. The van der Waals surface area contributed by atoms with E-state index in [9.17, 15) is 9.90 Å². The average molecular weight is 292 g/mol. The van der Waals surface area contributed by atoms with Gasteiger partial charge in [0, 0.05) is 13.0 Å². The van der Waals surface area contributed by atoms with Gasteiger partial charge >= 0.3 is 5.63 Å². The van der Waals surface area contributed by atoms with Crippen molar-refractivity contribution >= 4 is 11.0 Å². The van der Waals surface area contributed by atoms with Gasteiger partial charge in [0.05, 0.1) is 18.3 Å². The summed E-state index contributed by atoms with van der Waals surface area (Å²) in [7, 11) is 0. The largest absolute Gasteiger partial charge is 0.504 e. The second kappa shape index (κ2) is 6.81. The van der Waals surface area contributed by atoms with Crippen LogP contribution in [0.25, 0.3) is 11.0 Å². The van der Waals surface area contributed by atoms with E-state index in [2.05, 4.69) is 0 Å². The highest BCUT2D eigenvalue weighted by Gasteiger charge is 2.17. The quantitative estimate of drug-likeness (QED) is 0.482. The number of aliphatic hydroxyl groups is 1. The Kier molecular flexibility index (Phi) is 4.84. The predicted octanol–water partition coefficient (Wildman–Crippen LogP) is 2.17. The summed E-state index contributed by atoms with van der Waals surface area (Å²) in [5.41, 5.74) is -0.651. The molecule has 0 spiro atoms. The van der Waals surface area contributed by atoms with Gasteiger partial charge in [-0.05, 0) is 19.1 Å². The number of aromatic hydroxyl groups is 1. The van der Waals surface area contributed by atoms with E-state index in [0.29, 0.717) is 17.6 Å². The van der Waals surface area contributed by atoms with E-state index in [0.717, 1.165) is 0 Å². The lowest BCUT2D eigenvalue weighted by atomic mass is 10.2. The number of fused-ring (bicyclic) bond motifs is 1. The van der Waals surface area contributed by atoms with Gasteiger partial charge in [0.2, 0.25) is 0 Å². The van der Waals surface area contributed by atoms with Crippen LogP contribution in [0.15, 0.2) is 39.7 Å². The molecule has 0 aliphatic heterocycles. The molecule has 0 saturated heterocycles. The summed E-state index contributed by atoms with van der Waals surface area (Å²) in [6, 6.07) is 4.87. The first-order chi connectivity index (χ1) is 10.2. The van der Waals surface area contributed by atoms with Gasteiger partial charge in [0.1, 0.15) is 0 Å². The monoisotopic (exact) mass is 292 g/mol. The first kappa shape index (κ1) is 14.9. The van der Waals surface area contributed by atoms with Crippen molar-refractivity contribution in [2.45, 2.75) is 13.3 Å². The van der Waals surface area contributed by atoms with Crippen LogP contribution in [0.1, 0.15) is 13.3 Å². The number of hydrogen-bond acceptors (Lipinski definition) is 6. The van der Waals surface area contributed by atoms with Crippen molar-refractivity contribution in [1.82, 2.24) is 0 Å². The molecule has 2 N–H and O–H groups in total. The number of para-hydroxylation sites is 1. The SMILES string of the molecule is CC=COc1c(O)c2cccc(OCCCO)c2oc1=O. The molecular formula is C15H16O6. The van der Waals surface area contributed by atoms with Crippen molar-refractivity contribution in [3.05, 3.63) is 41.0 Å². The maximum Gasteiger partial charge on any atom is 0.383 e. The van der Waals surface area contributed by atoms with Crippen LogP contribution in [-0.2, 0) is 0 Å². The topological polar surface area (TPSA) is 89.1 Å². The number of rotatable bonds is 6. The van der Waals surface area contributed by atoms with Crippen LogP contribution in [-0.4, -0.2) is 23.4 Å². The van der Waals surface area contributed by atoms with Gasteiger partial charge in [0.25, 0.3) is 5.75 Å². The summed E-state index contributed by atoms with van der Waals surface area (Å²) in [5, 5.41) is 19.2. The van der Waals surface area contributed by atoms with E-state index < -0.39 is 5.63 Å². The lowest BCUT2D eigenvalue weighted by molar-refractivity contribution is 0.233. The van der Waals surface area contributed by atoms with Crippen molar-refractivity contribution in [3.63, 3.8) is 0 Å². The summed E-state index contributed by atoms with van der Waals surface area (Å²) < 4.78 is 15.7. The molecule has 6 heteroatoms. The van der Waals surface area contributed by atoms with Crippen LogP contribution >= 0.6 is 0 Å². The van der Waals surface area contributed by atoms with E-state index in [-0.39, 0.29) is 30.3 Å². The number of allylic oxidation sites excluding steroid dienone is 1. The molecule has 0 bridgehead atoms. The Morgan fingerprint density at radius 2 is 2.19 bits per heavy atom. The third-order valence-corrected chi connectivity index (χ3v) is 2.71. The normalized spacial score (nSPS) is 11.1. The van der Waals surface area contributed by atoms with E-state index in [1.807, 2.05) is 0 Å². The van der Waals surface area contributed by atoms with Crippen LogP contribution < -0.4 is 15.1 Å². The molecule has 0 fully saturated rings. The van der Waals surface area contributed by atoms with Gasteiger partial charge in [-0.25, -0.2) is 4.79 Å². The Labute approximate surface area is 120 Å². The van der Waals surface area contributed by atoms with E-state index in [1.54, 1.807) is 31.2 Å². The highest BCUT2D eigenvalue weighted by atomic mass is 16.5. The maximum absolute atomic E-state index is 11.9. The molecule has 0 saturated carbocycles. The van der Waals surface area contributed by atoms with Crippen molar-refractivity contribution in [2.24, 2.45) is 0 Å². The standard InChI is InChI=1S/C15H16O6/c1-2-8-20-14-12(17)10-5-3-6-11(19-9-4-7-16)13(10)21-15(14)18/h2-3,5-6,8,16-17H,4,7,9H2,1H3. The zero-order chi connectivity index (χ0) is 15.2. The minimum atomic E-state index is -0.795. The summed E-state index contributed by atoms with van der Waals surface area (Å²) in [6.45, 7) is 1.99. The van der Waals surface area contributed by atoms with Crippen molar-refractivity contribution in [1.29, 1.82) is 0 Å². The molecule has 112 valence electrons. The van der Waals surface area contributed by atoms with Gasteiger partial charge in [-0.2, -0.15) is 0 Å². The third kappa shape index (κ3) is 3.17. The van der Waals surface area contributed by atoms with Gasteiger partial charge in [0.15, 0.2) is 17.1 Å². The summed E-state index contributed by atoms with van der Waals surface area (Å²) >= 11 is 0. The van der Waals surface area contributed by atoms with Gasteiger partial charge in [-0.15, -0.1) is 0 Å². The average Bonchev–Trinajstić information content (AvgIpc) is 2.48. The summed E-state index contributed by atoms with van der Waals surface area (Å²) in [4.78, 5) is 11.9. The molecule has 0 aliphatic rings. The number of ether oxygens (including phenoxy) is 2. The molecule has 21 heavy (non-hydrogen) atoms. The van der Waals surface area contributed by atoms with Crippen LogP contribution in [0, 0.1) is 0 Å². The fraction of sp³-hybridized carbons (Fsp3) is 0.267. The molecule has 0 atom stereocenters. The minimum absolute atomic E-state index is 0.00129. The molecule has 0 aliphatic carbocycles. The molecule has 0 unspecified atom stereocenters. The van der Waals surface area contributed by atoms with Gasteiger partial charge in [-0.1, -0.05) is 12.1 Å². The van der Waals surface area contributed by atoms with Crippen LogP contribution in [0.4, 0.5) is 0 Å². The molecule has 2 aromatic rings. The second-order valence-corrected chi connectivity index (χ2v) is 4.21. The summed E-state index contributed by atoms with van der Waals surface area (Å²) in [6.07, 6.45) is 3.31. The van der Waals surface area contributed by atoms with Gasteiger partial charge < -0.3 is 24.1 Å². The highest BCUT2D eigenvalue weighted by molar-refractivity contribution is 5.89. The Bertz CT molecular complexity index is 701. The molecule has 6 nitrogen and oxygen atoms in total. The highest BCUT2D eigenvalue weighted by Crippen LogP contribution is 2.35. The van der Waals surface area contributed by atoms with Crippen LogP contribution in [0.3, 0.4) is 0 Å². The van der Waals surface area contributed by atoms with Crippen molar-refractivity contribution in [2.75, 3.05) is 13.2 Å². The lowest BCUT2D eigenvalue weighted by Gasteiger charge is -2.09. The fourth-order valence-electron chi connectivity index (χ4n) is 1.77. The van der Waals surface area contributed by atoms with Crippen LogP contribution in [0.2, 0.25) is 0 Å². The number of aliphatic hydroxyl groups excluding tert-OH is 1. The Hall–Kier alpha value is -2.47. The number of benzene rings is 1. The minimum Gasteiger partial charge on any atom is -0.504 e. The fourth-order valence-corrected chi connectivity index (χ4v) is 1.77. The summed E-state index contributed by atoms with van der Waals surface area (Å²) in [5.74, 6) is -0.244. The zero-order valence-corrected chi connectivity index (χ0v) is 11.5. The smallest absolute Gasteiger partial charge is 0.383 e. The number of hydrogen-bond donors (Lipinski definition) is 2. The lowest BCUT2D eigenvalue weighted by Crippen LogP contribution is -2.05. The Balaban J connectivity index is 2.49. The first-order valence-corrected chi connectivity index (χ1v) is 6.49.